The summed E-state index contributed by atoms with van der Waals surface area (Å²) in [4.78, 5) is 22.9. The third kappa shape index (κ3) is 3.81. The Labute approximate surface area is 164 Å². The van der Waals surface area contributed by atoms with E-state index in [4.69, 9.17) is 9.72 Å². The molecule has 0 atom stereocenters. The van der Waals surface area contributed by atoms with E-state index in [1.807, 2.05) is 30.3 Å². The number of piperidine rings is 1. The van der Waals surface area contributed by atoms with E-state index in [0.717, 1.165) is 54.2 Å². The van der Waals surface area contributed by atoms with E-state index >= 15 is 0 Å². The van der Waals surface area contributed by atoms with E-state index < -0.39 is 0 Å². The van der Waals surface area contributed by atoms with E-state index in [0.29, 0.717) is 6.54 Å². The van der Waals surface area contributed by atoms with Crippen molar-refractivity contribution < 1.29 is 9.53 Å². The molecule has 1 amide bonds. The first-order valence-corrected chi connectivity index (χ1v) is 9.75. The van der Waals surface area contributed by atoms with Crippen LogP contribution in [-0.2, 0) is 11.3 Å². The molecule has 1 aliphatic heterocycles. The van der Waals surface area contributed by atoms with Crippen molar-refractivity contribution in [3.8, 4) is 5.75 Å². The zero-order chi connectivity index (χ0) is 19.5. The van der Waals surface area contributed by atoms with Crippen molar-refractivity contribution in [3.05, 3.63) is 53.6 Å². The van der Waals surface area contributed by atoms with Crippen molar-refractivity contribution in [1.82, 2.24) is 15.3 Å². The number of methoxy groups -OCH3 is 1. The molecule has 0 unspecified atom stereocenters. The molecule has 6 heteroatoms. The highest BCUT2D eigenvalue weighted by Gasteiger charge is 2.26. The first-order valence-electron chi connectivity index (χ1n) is 9.75. The maximum atomic E-state index is 12.6. The Morgan fingerprint density at radius 1 is 1.25 bits per heavy atom. The van der Waals surface area contributed by atoms with Crippen molar-refractivity contribution in [2.45, 2.75) is 26.3 Å². The van der Waals surface area contributed by atoms with Gasteiger partial charge >= 0.3 is 0 Å². The maximum absolute atomic E-state index is 12.6. The number of aryl methyl sites for hydroxylation is 1. The molecule has 146 valence electrons. The van der Waals surface area contributed by atoms with Gasteiger partial charge in [0.25, 0.3) is 0 Å². The Bertz CT molecular complexity index is 974. The Morgan fingerprint density at radius 3 is 2.82 bits per heavy atom. The number of nitrogens with one attached hydrogen (secondary N) is 2. The molecule has 1 fully saturated rings. The van der Waals surface area contributed by atoms with Crippen molar-refractivity contribution in [2.75, 3.05) is 25.1 Å². The topological polar surface area (TPSA) is 70.2 Å². The van der Waals surface area contributed by atoms with E-state index in [2.05, 4.69) is 34.3 Å². The quantitative estimate of drug-likeness (QED) is 0.714. The lowest BCUT2D eigenvalue weighted by Crippen LogP contribution is -2.40. The highest BCUT2D eigenvalue weighted by Crippen LogP contribution is 2.24. The third-order valence-corrected chi connectivity index (χ3v) is 5.44. The average molecular weight is 378 g/mol. The number of rotatable bonds is 5. The minimum absolute atomic E-state index is 0.0394. The molecule has 0 spiro atoms. The molecular weight excluding hydrogens is 352 g/mol. The number of hydrogen-bond acceptors (Lipinski definition) is 4. The average Bonchev–Trinajstić information content (AvgIpc) is 3.15. The predicted octanol–water partition coefficient (Wildman–Crippen LogP) is 3.41. The number of imidazole rings is 1. The van der Waals surface area contributed by atoms with E-state index in [1.54, 1.807) is 7.11 Å². The summed E-state index contributed by atoms with van der Waals surface area (Å²) in [5.74, 6) is 1.86. The zero-order valence-electron chi connectivity index (χ0n) is 16.4. The summed E-state index contributed by atoms with van der Waals surface area (Å²) in [7, 11) is 1.65. The van der Waals surface area contributed by atoms with Crippen LogP contribution in [0.3, 0.4) is 0 Å². The minimum Gasteiger partial charge on any atom is -0.496 e. The third-order valence-electron chi connectivity index (χ3n) is 5.44. The standard InChI is InChI=1S/C22H26N4O2/c1-15-7-8-18-19(13-15)25-22(24-18)26-11-9-16(10-12-26)21(27)23-14-17-5-3-4-6-20(17)28-2/h3-8,13,16H,9-12,14H2,1-2H3,(H,23,27)(H,24,25). The van der Waals surface area contributed by atoms with Gasteiger partial charge in [-0.1, -0.05) is 24.3 Å². The van der Waals surface area contributed by atoms with Gasteiger partial charge in [-0.25, -0.2) is 4.98 Å². The molecule has 28 heavy (non-hydrogen) atoms. The summed E-state index contributed by atoms with van der Waals surface area (Å²) in [6.07, 6.45) is 1.65. The minimum atomic E-state index is 0.0394. The normalized spacial score (nSPS) is 15.0. The number of para-hydroxylation sites is 1. The summed E-state index contributed by atoms with van der Waals surface area (Å²) in [5.41, 5.74) is 4.26. The summed E-state index contributed by atoms with van der Waals surface area (Å²) in [6, 6.07) is 14.0. The second kappa shape index (κ2) is 7.92. The summed E-state index contributed by atoms with van der Waals surface area (Å²) in [5, 5.41) is 3.06. The van der Waals surface area contributed by atoms with Crippen LogP contribution in [-0.4, -0.2) is 36.1 Å². The molecule has 3 aromatic rings. The number of aromatic nitrogens is 2. The van der Waals surface area contributed by atoms with Crippen LogP contribution < -0.4 is 15.0 Å². The number of H-pyrrole nitrogens is 1. The molecule has 2 heterocycles. The molecule has 4 rings (SSSR count). The van der Waals surface area contributed by atoms with E-state index in [1.165, 1.54) is 5.56 Å². The largest absolute Gasteiger partial charge is 0.496 e. The molecule has 0 bridgehead atoms. The fraction of sp³-hybridized carbons (Fsp3) is 0.364. The molecule has 1 aliphatic rings. The molecule has 6 nitrogen and oxygen atoms in total. The Hall–Kier alpha value is -3.02. The van der Waals surface area contributed by atoms with Crippen molar-refractivity contribution in [1.29, 1.82) is 0 Å². The van der Waals surface area contributed by atoms with Crippen LogP contribution in [0.15, 0.2) is 42.5 Å². The molecule has 1 saturated heterocycles. The molecule has 0 aliphatic carbocycles. The predicted molar refractivity (Wildman–Crippen MR) is 111 cm³/mol. The van der Waals surface area contributed by atoms with Crippen LogP contribution in [0.5, 0.6) is 5.75 Å². The highest BCUT2D eigenvalue weighted by atomic mass is 16.5. The van der Waals surface area contributed by atoms with Crippen molar-refractivity contribution in [2.24, 2.45) is 5.92 Å². The van der Waals surface area contributed by atoms with Crippen LogP contribution in [0, 0.1) is 12.8 Å². The van der Waals surface area contributed by atoms with Gasteiger partial charge in [0, 0.05) is 31.1 Å². The number of anilines is 1. The van der Waals surface area contributed by atoms with Gasteiger partial charge in [-0.2, -0.15) is 0 Å². The van der Waals surface area contributed by atoms with E-state index in [9.17, 15) is 4.79 Å². The maximum Gasteiger partial charge on any atom is 0.223 e. The number of hydrogen-bond donors (Lipinski definition) is 2. The highest BCUT2D eigenvalue weighted by molar-refractivity contribution is 5.80. The Balaban J connectivity index is 1.33. The van der Waals surface area contributed by atoms with Gasteiger partial charge in [-0.3, -0.25) is 4.79 Å². The lowest BCUT2D eigenvalue weighted by Gasteiger charge is -2.31. The van der Waals surface area contributed by atoms with Crippen LogP contribution in [0.1, 0.15) is 24.0 Å². The lowest BCUT2D eigenvalue weighted by atomic mass is 9.96. The monoisotopic (exact) mass is 378 g/mol. The van der Waals surface area contributed by atoms with Crippen LogP contribution in [0.2, 0.25) is 0 Å². The smallest absolute Gasteiger partial charge is 0.223 e. The van der Waals surface area contributed by atoms with Gasteiger partial charge in [-0.15, -0.1) is 0 Å². The summed E-state index contributed by atoms with van der Waals surface area (Å²) >= 11 is 0. The number of fused-ring (bicyclic) bond motifs is 1. The van der Waals surface area contributed by atoms with Gasteiger partial charge in [-0.05, 0) is 43.5 Å². The Morgan fingerprint density at radius 2 is 2.04 bits per heavy atom. The number of amides is 1. The molecule has 0 saturated carbocycles. The van der Waals surface area contributed by atoms with Gasteiger partial charge < -0.3 is 19.9 Å². The Kier molecular flexibility index (Phi) is 5.19. The van der Waals surface area contributed by atoms with Crippen molar-refractivity contribution >= 4 is 22.9 Å². The second-order valence-corrected chi connectivity index (χ2v) is 7.37. The van der Waals surface area contributed by atoms with Crippen molar-refractivity contribution in [3.63, 3.8) is 0 Å². The van der Waals surface area contributed by atoms with Crippen LogP contribution >= 0.6 is 0 Å². The lowest BCUT2D eigenvalue weighted by molar-refractivity contribution is -0.125. The summed E-state index contributed by atoms with van der Waals surface area (Å²) < 4.78 is 5.35. The number of carbonyl (C=O) groups excluding carboxylic acids is 1. The number of carbonyl (C=O) groups is 1. The molecule has 1 aromatic heterocycles. The molecule has 2 N–H and O–H groups in total. The number of benzene rings is 2. The fourth-order valence-corrected chi connectivity index (χ4v) is 3.79. The molecular formula is C22H26N4O2. The first kappa shape index (κ1) is 18.3. The number of nitrogens with zero attached hydrogens (tertiary/aromatic N) is 2. The summed E-state index contributed by atoms with van der Waals surface area (Å²) in [6.45, 7) is 4.22. The second-order valence-electron chi connectivity index (χ2n) is 7.37. The van der Waals surface area contributed by atoms with E-state index in [-0.39, 0.29) is 11.8 Å². The first-order chi connectivity index (χ1) is 13.6. The van der Waals surface area contributed by atoms with Crippen LogP contribution in [0.4, 0.5) is 5.95 Å². The molecule has 0 radical (unpaired) electrons. The SMILES string of the molecule is COc1ccccc1CNC(=O)C1CCN(c2nc3ccc(C)cc3[nH]2)CC1. The molecule has 2 aromatic carbocycles. The number of aromatic amines is 1. The van der Waals surface area contributed by atoms with Gasteiger partial charge in [0.1, 0.15) is 5.75 Å². The van der Waals surface area contributed by atoms with Gasteiger partial charge in [0.05, 0.1) is 18.1 Å². The fourth-order valence-electron chi connectivity index (χ4n) is 3.79. The van der Waals surface area contributed by atoms with Crippen LogP contribution in [0.25, 0.3) is 11.0 Å². The van der Waals surface area contributed by atoms with Gasteiger partial charge in [0.15, 0.2) is 0 Å². The zero-order valence-corrected chi connectivity index (χ0v) is 16.4. The number of ether oxygens (including phenoxy) is 1. The van der Waals surface area contributed by atoms with Gasteiger partial charge in [0.2, 0.25) is 11.9 Å².